The smallest absolute Gasteiger partial charge is 0.274 e. The Morgan fingerprint density at radius 1 is 1.22 bits per heavy atom. The highest BCUT2D eigenvalue weighted by atomic mass is 16.2. The first kappa shape index (κ1) is 14.9. The Balaban J connectivity index is 1.81. The summed E-state index contributed by atoms with van der Waals surface area (Å²) in [4.78, 5) is 29.7. The third-order valence-electron chi connectivity index (χ3n) is 3.59. The van der Waals surface area contributed by atoms with Gasteiger partial charge in [0, 0.05) is 38.3 Å². The summed E-state index contributed by atoms with van der Waals surface area (Å²) in [5, 5.41) is 5.02. The zero-order valence-corrected chi connectivity index (χ0v) is 12.9. The maximum Gasteiger partial charge on any atom is 0.274 e. The molecule has 23 heavy (non-hydrogen) atoms. The average Bonchev–Trinajstić information content (AvgIpc) is 2.56. The standard InChI is InChI=1S/C17H16N4O2/c1-20(17(23)15-7-8-16(22)21(2)19-15)11-12-9-13-5-3-4-6-14(13)18-10-12/h3-10H,11H2,1-2H3. The number of benzene rings is 1. The first-order valence-electron chi connectivity index (χ1n) is 7.18. The van der Waals surface area contributed by atoms with Gasteiger partial charge in [-0.1, -0.05) is 18.2 Å². The zero-order chi connectivity index (χ0) is 16.4. The van der Waals surface area contributed by atoms with Crippen LogP contribution in [-0.2, 0) is 13.6 Å². The molecule has 0 atom stereocenters. The molecule has 1 amide bonds. The number of nitrogens with zero attached hydrogens (tertiary/aromatic N) is 4. The fourth-order valence-corrected chi connectivity index (χ4v) is 2.36. The van der Waals surface area contributed by atoms with Crippen molar-refractivity contribution in [2.75, 3.05) is 7.05 Å². The number of rotatable bonds is 3. The number of hydrogen-bond acceptors (Lipinski definition) is 4. The van der Waals surface area contributed by atoms with Gasteiger partial charge >= 0.3 is 0 Å². The molecule has 6 nitrogen and oxygen atoms in total. The summed E-state index contributed by atoms with van der Waals surface area (Å²) in [5.41, 5.74) is 1.85. The van der Waals surface area contributed by atoms with Crippen molar-refractivity contribution in [2.45, 2.75) is 6.54 Å². The molecule has 0 aliphatic carbocycles. The van der Waals surface area contributed by atoms with Crippen LogP contribution in [0.1, 0.15) is 16.1 Å². The number of hydrogen-bond donors (Lipinski definition) is 0. The highest BCUT2D eigenvalue weighted by Crippen LogP contribution is 2.14. The maximum absolute atomic E-state index is 12.4. The van der Waals surface area contributed by atoms with Gasteiger partial charge in [0.05, 0.1) is 5.52 Å². The summed E-state index contributed by atoms with van der Waals surface area (Å²) in [6, 6.07) is 12.6. The molecule has 0 radical (unpaired) electrons. The molecule has 2 aromatic heterocycles. The monoisotopic (exact) mass is 308 g/mol. The normalized spacial score (nSPS) is 10.7. The lowest BCUT2D eigenvalue weighted by atomic mass is 10.1. The molecule has 0 unspecified atom stereocenters. The molecule has 0 spiro atoms. The summed E-state index contributed by atoms with van der Waals surface area (Å²) in [7, 11) is 3.22. The van der Waals surface area contributed by atoms with E-state index in [0.29, 0.717) is 6.54 Å². The van der Waals surface area contributed by atoms with Crippen molar-refractivity contribution in [1.29, 1.82) is 0 Å². The second kappa shape index (κ2) is 6.00. The number of pyridine rings is 1. The van der Waals surface area contributed by atoms with Crippen molar-refractivity contribution >= 4 is 16.8 Å². The Hall–Kier alpha value is -3.02. The second-order valence-electron chi connectivity index (χ2n) is 5.38. The van der Waals surface area contributed by atoms with Crippen LogP contribution in [0.15, 0.2) is 53.5 Å². The Morgan fingerprint density at radius 2 is 2.00 bits per heavy atom. The van der Waals surface area contributed by atoms with Gasteiger partial charge in [-0.05, 0) is 23.8 Å². The van der Waals surface area contributed by atoms with Gasteiger partial charge in [0.2, 0.25) is 0 Å². The lowest BCUT2D eigenvalue weighted by Gasteiger charge is -2.17. The molecule has 6 heteroatoms. The van der Waals surface area contributed by atoms with E-state index in [0.717, 1.165) is 21.1 Å². The van der Waals surface area contributed by atoms with Crippen molar-refractivity contribution in [3.05, 3.63) is 70.3 Å². The zero-order valence-electron chi connectivity index (χ0n) is 12.9. The number of fused-ring (bicyclic) bond motifs is 1. The van der Waals surface area contributed by atoms with Gasteiger partial charge in [0.25, 0.3) is 11.5 Å². The summed E-state index contributed by atoms with van der Waals surface area (Å²) in [5.74, 6) is -0.242. The van der Waals surface area contributed by atoms with E-state index in [2.05, 4.69) is 10.1 Å². The molecule has 0 aliphatic rings. The summed E-state index contributed by atoms with van der Waals surface area (Å²) in [6.45, 7) is 0.418. The van der Waals surface area contributed by atoms with Crippen molar-refractivity contribution in [3.63, 3.8) is 0 Å². The van der Waals surface area contributed by atoms with E-state index < -0.39 is 0 Å². The van der Waals surface area contributed by atoms with E-state index in [1.165, 1.54) is 19.2 Å². The molecule has 3 aromatic rings. The lowest BCUT2D eigenvalue weighted by molar-refractivity contribution is 0.0776. The Kier molecular flexibility index (Phi) is 3.89. The van der Waals surface area contributed by atoms with Crippen molar-refractivity contribution < 1.29 is 4.79 Å². The molecular formula is C17H16N4O2. The summed E-state index contributed by atoms with van der Waals surface area (Å²) in [6.07, 6.45) is 1.76. The van der Waals surface area contributed by atoms with Crippen LogP contribution in [0.3, 0.4) is 0 Å². The first-order chi connectivity index (χ1) is 11.0. The van der Waals surface area contributed by atoms with E-state index in [1.807, 2.05) is 30.3 Å². The number of amides is 1. The molecule has 0 saturated carbocycles. The molecule has 3 rings (SSSR count). The molecule has 1 aromatic carbocycles. The number of carbonyl (C=O) groups is 1. The fourth-order valence-electron chi connectivity index (χ4n) is 2.36. The van der Waals surface area contributed by atoms with Crippen LogP contribution in [0.4, 0.5) is 0 Å². The van der Waals surface area contributed by atoms with Gasteiger partial charge in [-0.25, -0.2) is 4.68 Å². The quantitative estimate of drug-likeness (QED) is 0.737. The molecule has 0 saturated heterocycles. The Labute approximate surface area is 133 Å². The summed E-state index contributed by atoms with van der Waals surface area (Å²) < 4.78 is 1.15. The van der Waals surface area contributed by atoms with Crippen LogP contribution in [0.2, 0.25) is 0 Å². The third-order valence-corrected chi connectivity index (χ3v) is 3.59. The minimum absolute atomic E-state index is 0.239. The highest BCUT2D eigenvalue weighted by Gasteiger charge is 2.14. The molecule has 0 fully saturated rings. The van der Waals surface area contributed by atoms with E-state index in [9.17, 15) is 9.59 Å². The second-order valence-corrected chi connectivity index (χ2v) is 5.38. The van der Waals surface area contributed by atoms with Gasteiger partial charge in [0.1, 0.15) is 5.69 Å². The largest absolute Gasteiger partial charge is 0.336 e. The van der Waals surface area contributed by atoms with Gasteiger partial charge < -0.3 is 4.90 Å². The van der Waals surface area contributed by atoms with Crippen LogP contribution in [0.25, 0.3) is 10.9 Å². The molecule has 116 valence electrons. The average molecular weight is 308 g/mol. The van der Waals surface area contributed by atoms with Crippen molar-refractivity contribution in [3.8, 4) is 0 Å². The van der Waals surface area contributed by atoms with Crippen molar-refractivity contribution in [2.24, 2.45) is 7.05 Å². The maximum atomic E-state index is 12.4. The van der Waals surface area contributed by atoms with Crippen molar-refractivity contribution in [1.82, 2.24) is 19.7 Å². The van der Waals surface area contributed by atoms with Crippen LogP contribution >= 0.6 is 0 Å². The topological polar surface area (TPSA) is 68.1 Å². The van der Waals surface area contributed by atoms with Crippen LogP contribution in [0, 0.1) is 0 Å². The number of aromatic nitrogens is 3. The van der Waals surface area contributed by atoms with Gasteiger partial charge in [-0.15, -0.1) is 0 Å². The van der Waals surface area contributed by atoms with E-state index in [4.69, 9.17) is 0 Å². The Morgan fingerprint density at radius 3 is 2.78 bits per heavy atom. The lowest BCUT2D eigenvalue weighted by Crippen LogP contribution is -2.30. The molecule has 0 bridgehead atoms. The van der Waals surface area contributed by atoms with Gasteiger partial charge in [-0.2, -0.15) is 5.10 Å². The number of carbonyl (C=O) groups excluding carboxylic acids is 1. The van der Waals surface area contributed by atoms with Gasteiger partial charge in [-0.3, -0.25) is 14.6 Å². The predicted molar refractivity (Wildman–Crippen MR) is 87.0 cm³/mol. The number of aryl methyl sites for hydroxylation is 1. The minimum atomic E-state index is -0.247. The van der Waals surface area contributed by atoms with Crippen LogP contribution in [-0.4, -0.2) is 32.6 Å². The van der Waals surface area contributed by atoms with E-state index >= 15 is 0 Å². The Bertz CT molecular complexity index is 933. The summed E-state index contributed by atoms with van der Waals surface area (Å²) >= 11 is 0. The number of para-hydroxylation sites is 1. The fraction of sp³-hybridized carbons (Fsp3) is 0.176. The highest BCUT2D eigenvalue weighted by molar-refractivity contribution is 5.91. The molecular weight excluding hydrogens is 292 g/mol. The van der Waals surface area contributed by atoms with Gasteiger partial charge in [0.15, 0.2) is 0 Å². The predicted octanol–water partition coefficient (Wildman–Crippen LogP) is 1.60. The molecule has 0 N–H and O–H groups in total. The van der Waals surface area contributed by atoms with Crippen LogP contribution in [0.5, 0.6) is 0 Å². The van der Waals surface area contributed by atoms with Crippen LogP contribution < -0.4 is 5.56 Å². The first-order valence-corrected chi connectivity index (χ1v) is 7.18. The molecule has 2 heterocycles. The van der Waals surface area contributed by atoms with E-state index in [1.54, 1.807) is 18.1 Å². The SMILES string of the molecule is CN(Cc1cnc2ccccc2c1)C(=O)c1ccc(=O)n(C)n1. The van der Waals surface area contributed by atoms with E-state index in [-0.39, 0.29) is 17.2 Å². The molecule has 0 aliphatic heterocycles. The third kappa shape index (κ3) is 3.11. The minimum Gasteiger partial charge on any atom is -0.336 e.